The van der Waals surface area contributed by atoms with Crippen LogP contribution in [0.1, 0.15) is 5.69 Å². The molecule has 0 saturated carbocycles. The maximum atomic E-state index is 5.97. The number of aromatic nitrogens is 1. The van der Waals surface area contributed by atoms with Crippen molar-refractivity contribution in [2.24, 2.45) is 0 Å². The molecule has 3 heteroatoms. The van der Waals surface area contributed by atoms with Crippen molar-refractivity contribution in [3.8, 4) is 5.75 Å². The molecule has 2 nitrogen and oxygen atoms in total. The standard InChI is InChI=1S/C10H10ClNO/c1-6-5-7-3-4-8(11)10(13-2)9(7)12-6/h3-5,12H,1-2H3. The lowest BCUT2D eigenvalue weighted by Crippen LogP contribution is -1.85. The fourth-order valence-electron chi connectivity index (χ4n) is 1.49. The molecule has 0 spiro atoms. The minimum absolute atomic E-state index is 0.636. The molecule has 0 saturated heterocycles. The third-order valence-electron chi connectivity index (χ3n) is 2.04. The van der Waals surface area contributed by atoms with Crippen molar-refractivity contribution >= 4 is 22.5 Å². The average molecular weight is 196 g/mol. The number of ether oxygens (including phenoxy) is 1. The number of aryl methyl sites for hydroxylation is 1. The Morgan fingerprint density at radius 1 is 1.38 bits per heavy atom. The largest absolute Gasteiger partial charge is 0.493 e. The molecule has 0 bridgehead atoms. The van der Waals surface area contributed by atoms with Gasteiger partial charge in [0.15, 0.2) is 5.75 Å². The second kappa shape index (κ2) is 2.96. The molecule has 1 heterocycles. The maximum absolute atomic E-state index is 5.97. The summed E-state index contributed by atoms with van der Waals surface area (Å²) >= 11 is 5.97. The van der Waals surface area contributed by atoms with Crippen LogP contribution in [0.4, 0.5) is 0 Å². The first-order valence-electron chi connectivity index (χ1n) is 4.04. The van der Waals surface area contributed by atoms with Gasteiger partial charge in [-0.05, 0) is 19.1 Å². The van der Waals surface area contributed by atoms with Crippen LogP contribution in [0.5, 0.6) is 5.75 Å². The van der Waals surface area contributed by atoms with Crippen LogP contribution in [-0.4, -0.2) is 12.1 Å². The molecular weight excluding hydrogens is 186 g/mol. The minimum atomic E-state index is 0.636. The fourth-order valence-corrected chi connectivity index (χ4v) is 1.72. The summed E-state index contributed by atoms with van der Waals surface area (Å²) in [6.07, 6.45) is 0. The smallest absolute Gasteiger partial charge is 0.161 e. The van der Waals surface area contributed by atoms with Crippen molar-refractivity contribution in [1.82, 2.24) is 4.98 Å². The molecule has 0 aliphatic carbocycles. The number of fused-ring (bicyclic) bond motifs is 1. The van der Waals surface area contributed by atoms with Crippen LogP contribution in [0, 0.1) is 6.92 Å². The van der Waals surface area contributed by atoms with E-state index in [4.69, 9.17) is 16.3 Å². The van der Waals surface area contributed by atoms with Gasteiger partial charge < -0.3 is 9.72 Å². The minimum Gasteiger partial charge on any atom is -0.493 e. The van der Waals surface area contributed by atoms with Gasteiger partial charge in [0.2, 0.25) is 0 Å². The number of rotatable bonds is 1. The Balaban J connectivity index is 2.82. The monoisotopic (exact) mass is 195 g/mol. The highest BCUT2D eigenvalue weighted by atomic mass is 35.5. The number of hydrogen-bond acceptors (Lipinski definition) is 1. The zero-order valence-electron chi connectivity index (χ0n) is 7.52. The molecule has 1 N–H and O–H groups in total. The summed E-state index contributed by atoms with van der Waals surface area (Å²) in [4.78, 5) is 3.21. The zero-order valence-corrected chi connectivity index (χ0v) is 8.27. The van der Waals surface area contributed by atoms with Gasteiger partial charge >= 0.3 is 0 Å². The van der Waals surface area contributed by atoms with E-state index < -0.39 is 0 Å². The van der Waals surface area contributed by atoms with Crippen molar-refractivity contribution in [3.63, 3.8) is 0 Å². The van der Waals surface area contributed by atoms with Crippen molar-refractivity contribution in [3.05, 3.63) is 28.9 Å². The van der Waals surface area contributed by atoms with E-state index >= 15 is 0 Å². The summed E-state index contributed by atoms with van der Waals surface area (Å²) in [6, 6.07) is 5.88. The van der Waals surface area contributed by atoms with Crippen LogP contribution in [0.2, 0.25) is 5.02 Å². The van der Waals surface area contributed by atoms with Crippen LogP contribution in [-0.2, 0) is 0 Å². The average Bonchev–Trinajstić information content (AvgIpc) is 2.45. The van der Waals surface area contributed by atoms with Crippen LogP contribution < -0.4 is 4.74 Å². The van der Waals surface area contributed by atoms with E-state index in [1.807, 2.05) is 19.1 Å². The maximum Gasteiger partial charge on any atom is 0.161 e. The summed E-state index contributed by atoms with van der Waals surface area (Å²) in [5.74, 6) is 0.715. The van der Waals surface area contributed by atoms with Gasteiger partial charge in [-0.25, -0.2) is 0 Å². The molecule has 2 aromatic rings. The molecule has 1 aromatic carbocycles. The fraction of sp³-hybridized carbons (Fsp3) is 0.200. The number of nitrogens with one attached hydrogen (secondary N) is 1. The SMILES string of the molecule is COc1c(Cl)ccc2cc(C)[nH]c12. The van der Waals surface area contributed by atoms with Gasteiger partial charge in [0.1, 0.15) is 0 Å². The second-order valence-electron chi connectivity index (χ2n) is 3.00. The Kier molecular flexibility index (Phi) is 1.93. The molecule has 0 fully saturated rings. The highest BCUT2D eigenvalue weighted by Crippen LogP contribution is 2.32. The van der Waals surface area contributed by atoms with Crippen molar-refractivity contribution < 1.29 is 4.74 Å². The lowest BCUT2D eigenvalue weighted by atomic mass is 10.2. The van der Waals surface area contributed by atoms with Gasteiger partial charge in [-0.2, -0.15) is 0 Å². The second-order valence-corrected chi connectivity index (χ2v) is 3.40. The normalized spacial score (nSPS) is 10.7. The number of methoxy groups -OCH3 is 1. The molecule has 0 radical (unpaired) electrons. The molecule has 2 rings (SSSR count). The van der Waals surface area contributed by atoms with E-state index in [-0.39, 0.29) is 0 Å². The highest BCUT2D eigenvalue weighted by molar-refractivity contribution is 6.33. The summed E-state index contributed by atoms with van der Waals surface area (Å²) in [7, 11) is 1.62. The van der Waals surface area contributed by atoms with Crippen LogP contribution in [0.25, 0.3) is 10.9 Å². The van der Waals surface area contributed by atoms with Gasteiger partial charge in [-0.3, -0.25) is 0 Å². The Hall–Kier alpha value is -1.15. The number of aromatic amines is 1. The van der Waals surface area contributed by atoms with Crippen LogP contribution in [0.3, 0.4) is 0 Å². The predicted octanol–water partition coefficient (Wildman–Crippen LogP) is 3.14. The first-order valence-corrected chi connectivity index (χ1v) is 4.42. The van der Waals surface area contributed by atoms with Gasteiger partial charge in [-0.1, -0.05) is 17.7 Å². The van der Waals surface area contributed by atoms with Crippen molar-refractivity contribution in [2.75, 3.05) is 7.11 Å². The topological polar surface area (TPSA) is 25.0 Å². The highest BCUT2D eigenvalue weighted by Gasteiger charge is 2.07. The van der Waals surface area contributed by atoms with Gasteiger partial charge in [0, 0.05) is 11.1 Å². The van der Waals surface area contributed by atoms with E-state index in [2.05, 4.69) is 11.1 Å². The first kappa shape index (κ1) is 8.45. The molecule has 13 heavy (non-hydrogen) atoms. The molecule has 68 valence electrons. The van der Waals surface area contributed by atoms with E-state index in [9.17, 15) is 0 Å². The Morgan fingerprint density at radius 3 is 2.85 bits per heavy atom. The summed E-state index contributed by atoms with van der Waals surface area (Å²) in [6.45, 7) is 2.01. The third kappa shape index (κ3) is 1.27. The van der Waals surface area contributed by atoms with Crippen molar-refractivity contribution in [1.29, 1.82) is 0 Å². The van der Waals surface area contributed by atoms with Gasteiger partial charge in [0.05, 0.1) is 17.6 Å². The van der Waals surface area contributed by atoms with E-state index in [1.165, 1.54) is 0 Å². The van der Waals surface area contributed by atoms with Crippen LogP contribution >= 0.6 is 11.6 Å². The van der Waals surface area contributed by atoms with E-state index in [0.29, 0.717) is 10.8 Å². The Morgan fingerprint density at radius 2 is 2.15 bits per heavy atom. The van der Waals surface area contributed by atoms with Gasteiger partial charge in [0.25, 0.3) is 0 Å². The predicted molar refractivity (Wildman–Crippen MR) is 54.6 cm³/mol. The van der Waals surface area contributed by atoms with Crippen LogP contribution in [0.15, 0.2) is 18.2 Å². The molecule has 0 amide bonds. The number of hydrogen-bond donors (Lipinski definition) is 1. The molecule has 0 aliphatic heterocycles. The molecule has 0 aliphatic rings. The number of halogens is 1. The summed E-state index contributed by atoms with van der Waals surface area (Å²) in [5.41, 5.74) is 2.07. The number of H-pyrrole nitrogens is 1. The van der Waals surface area contributed by atoms with E-state index in [1.54, 1.807) is 7.11 Å². The zero-order chi connectivity index (χ0) is 9.42. The van der Waals surface area contributed by atoms with Gasteiger partial charge in [-0.15, -0.1) is 0 Å². The third-order valence-corrected chi connectivity index (χ3v) is 2.34. The lowest BCUT2D eigenvalue weighted by molar-refractivity contribution is 0.419. The summed E-state index contributed by atoms with van der Waals surface area (Å²) in [5, 5.41) is 1.76. The quantitative estimate of drug-likeness (QED) is 0.743. The first-order chi connectivity index (χ1) is 6.22. The number of benzene rings is 1. The lowest BCUT2D eigenvalue weighted by Gasteiger charge is -2.03. The molecule has 0 atom stereocenters. The molecule has 0 unspecified atom stereocenters. The Labute approximate surface area is 81.5 Å². The Bertz CT molecular complexity index is 447. The van der Waals surface area contributed by atoms with Crippen molar-refractivity contribution in [2.45, 2.75) is 6.92 Å². The molecule has 1 aromatic heterocycles. The summed E-state index contributed by atoms with van der Waals surface area (Å²) < 4.78 is 5.21. The van der Waals surface area contributed by atoms with E-state index in [0.717, 1.165) is 16.6 Å². The molecular formula is C10H10ClNO.